The number of aliphatic hydroxyl groups is 1. The third-order valence-corrected chi connectivity index (χ3v) is 19.3. The summed E-state index contributed by atoms with van der Waals surface area (Å²) >= 11 is 0. The molecular formula is C76H137N2O18P. The fraction of sp³-hybridized carbons (Fsp3) is 0.842. The molecule has 2 aliphatic rings. The van der Waals surface area contributed by atoms with Crippen molar-refractivity contribution < 1.29 is 85.1 Å². The second-order valence-electron chi connectivity index (χ2n) is 26.3. The van der Waals surface area contributed by atoms with Gasteiger partial charge in [-0.15, -0.1) is 13.2 Å². The molecule has 2 fully saturated rings. The number of phosphoric acid groups is 1. The second kappa shape index (κ2) is 60.2. The maximum Gasteiger partial charge on any atom is 0.509 e. The Bertz CT molecular complexity index is 2070. The molecule has 0 unspecified atom stereocenters. The van der Waals surface area contributed by atoms with Gasteiger partial charge in [0.2, 0.25) is 11.8 Å². The van der Waals surface area contributed by atoms with Crippen LogP contribution in [0.15, 0.2) is 50.1 Å². The van der Waals surface area contributed by atoms with E-state index < -0.39 is 94.2 Å². The van der Waals surface area contributed by atoms with Gasteiger partial charge in [-0.2, -0.15) is 0 Å². The molecule has 21 heteroatoms. The minimum atomic E-state index is -4.48. The number of methoxy groups -OCH3 is 2. The number of ether oxygens (including phenoxy) is 9. The number of unbranched alkanes of at least 4 members (excludes halogenated alkanes) is 30. The summed E-state index contributed by atoms with van der Waals surface area (Å²) in [6.07, 6.45) is 35.3. The van der Waals surface area contributed by atoms with Crippen molar-refractivity contribution in [3.8, 4) is 0 Å². The van der Waals surface area contributed by atoms with E-state index >= 15 is 0 Å². The molecule has 0 aromatic carbocycles. The first-order valence-corrected chi connectivity index (χ1v) is 39.6. The number of rotatable bonds is 66. The van der Waals surface area contributed by atoms with Crippen molar-refractivity contribution in [1.82, 2.24) is 10.6 Å². The molecule has 0 aromatic heterocycles. The topological polar surface area (TPSA) is 240 Å². The summed E-state index contributed by atoms with van der Waals surface area (Å²) in [7, 11) is -1.36. The fourth-order valence-electron chi connectivity index (χ4n) is 12.3. The fourth-order valence-corrected chi connectivity index (χ4v) is 13.6. The van der Waals surface area contributed by atoms with E-state index in [4.69, 9.17) is 56.2 Å². The van der Waals surface area contributed by atoms with E-state index in [-0.39, 0.29) is 70.3 Å². The summed E-state index contributed by atoms with van der Waals surface area (Å²) < 4.78 is 89.1. The molecule has 0 spiro atoms. The van der Waals surface area contributed by atoms with Crippen LogP contribution in [0.2, 0.25) is 0 Å². The average Bonchev–Trinajstić information content (AvgIpc) is 0.787. The number of aliphatic hydroxyl groups excluding tert-OH is 1. The highest BCUT2D eigenvalue weighted by Crippen LogP contribution is 2.52. The van der Waals surface area contributed by atoms with Crippen molar-refractivity contribution in [1.29, 1.82) is 0 Å². The largest absolute Gasteiger partial charge is 0.509 e. The van der Waals surface area contributed by atoms with E-state index in [1.54, 1.807) is 7.11 Å². The van der Waals surface area contributed by atoms with Gasteiger partial charge >= 0.3 is 14.0 Å². The van der Waals surface area contributed by atoms with Crippen molar-refractivity contribution in [2.24, 2.45) is 0 Å². The number of nitrogens with one attached hydrogen (secondary N) is 2. The molecule has 2 rings (SSSR count). The monoisotopic (exact) mass is 1400 g/mol. The summed E-state index contributed by atoms with van der Waals surface area (Å²) in [6.45, 7) is 18.9. The SMILES string of the molecule is C=CCOC(=O)O[C@H]1[C@H](OCCCCCCCCCC)[C@@H](NC(=O)CC(=O)CCCCCCCCCCC)[C@H](O)O[C@@H]1CO[C@@H]1O[C@H](COC)[C@@H](OP(=O)(OCC=C)OCC=C)[C@H](OCC[C@@H](CCCCCCC)OC)[C@H]1NC(=O)CCCCCCCCCC=CCCCCCC. The molecule has 0 radical (unpaired) electrons. The van der Waals surface area contributed by atoms with Crippen LogP contribution in [0.4, 0.5) is 4.79 Å². The maximum atomic E-state index is 14.7. The molecule has 11 atom stereocenters. The van der Waals surface area contributed by atoms with Gasteiger partial charge in [0.05, 0.1) is 39.0 Å². The molecule has 2 saturated heterocycles. The second-order valence-corrected chi connectivity index (χ2v) is 27.9. The smallest absolute Gasteiger partial charge is 0.430 e. The Morgan fingerprint density at radius 1 is 0.505 bits per heavy atom. The molecule has 2 aliphatic heterocycles. The van der Waals surface area contributed by atoms with Gasteiger partial charge in [0.15, 0.2) is 18.7 Å². The van der Waals surface area contributed by atoms with Gasteiger partial charge in [0.1, 0.15) is 55.0 Å². The normalized spacial score (nSPS) is 21.5. The molecule has 20 nitrogen and oxygen atoms in total. The number of Topliss-reactive ketones (excluding diaryl/α,β-unsaturated/α-hetero) is 1. The number of amides is 2. The first kappa shape index (κ1) is 89.7. The van der Waals surface area contributed by atoms with E-state index in [1.807, 2.05) is 0 Å². The van der Waals surface area contributed by atoms with Crippen LogP contribution in [0.5, 0.6) is 0 Å². The van der Waals surface area contributed by atoms with Crippen molar-refractivity contribution in [2.45, 2.75) is 352 Å². The summed E-state index contributed by atoms with van der Waals surface area (Å²) in [5, 5.41) is 18.0. The highest BCUT2D eigenvalue weighted by atomic mass is 31.2. The zero-order chi connectivity index (χ0) is 70.8. The highest BCUT2D eigenvalue weighted by Gasteiger charge is 2.54. The van der Waals surface area contributed by atoms with E-state index in [0.717, 1.165) is 141 Å². The predicted octanol–water partition coefficient (Wildman–Crippen LogP) is 17.3. The zero-order valence-corrected chi connectivity index (χ0v) is 62.3. The van der Waals surface area contributed by atoms with Gasteiger partial charge < -0.3 is 58.4 Å². The predicted molar refractivity (Wildman–Crippen MR) is 384 cm³/mol. The summed E-state index contributed by atoms with van der Waals surface area (Å²) in [4.78, 5) is 55.4. The van der Waals surface area contributed by atoms with Gasteiger partial charge in [-0.1, -0.05) is 244 Å². The molecule has 0 bridgehead atoms. The summed E-state index contributed by atoms with van der Waals surface area (Å²) in [5.41, 5.74) is 0. The van der Waals surface area contributed by atoms with Crippen LogP contribution < -0.4 is 10.6 Å². The minimum Gasteiger partial charge on any atom is -0.430 e. The van der Waals surface area contributed by atoms with Crippen LogP contribution in [0.25, 0.3) is 0 Å². The zero-order valence-electron chi connectivity index (χ0n) is 61.4. The van der Waals surface area contributed by atoms with Crippen molar-refractivity contribution in [3.63, 3.8) is 0 Å². The standard InChI is InChI=1S/C76H137N2O18P/c1-10-17-21-25-28-31-32-33-34-35-36-38-40-44-48-52-66(80)77-69-73(88-58-53-63(86-9)51-47-42-24-20-13-4)71(96-97(84,91-55-15-6)92-56-16-7)64(60-85-8)94-75(69)90-61-65-70(95-76(83)89-54-14-5)72(87-57-49-45-41-30-27-23-19-12-3)68(74(82)93-65)78-67(81)59-62(79)50-46-43-39-37-29-26-22-18-11-2/h14-16,31-32,63-65,68-75,82H,5-7,10-13,17-30,33-61H2,1-4,8-9H3,(H,77,80)(H,78,81)/t63-,64-,65-,68-,69-,70-,71-,72-,73-,74-,75-/m1/s1. The van der Waals surface area contributed by atoms with Crippen LogP contribution >= 0.6 is 7.82 Å². The van der Waals surface area contributed by atoms with E-state index in [1.165, 1.54) is 96.0 Å². The number of phosphoric ester groups is 1. The number of allylic oxidation sites excluding steroid dienone is 2. The van der Waals surface area contributed by atoms with E-state index in [9.17, 15) is 28.8 Å². The minimum absolute atomic E-state index is 0.0912. The Balaban J connectivity index is 2.65. The van der Waals surface area contributed by atoms with Gasteiger partial charge in [-0.3, -0.25) is 28.0 Å². The number of ketones is 1. The number of hydrogen-bond donors (Lipinski definition) is 3. The molecule has 2 heterocycles. The van der Waals surface area contributed by atoms with Crippen LogP contribution in [-0.4, -0.2) is 157 Å². The molecule has 2 amide bonds. The molecular weight excluding hydrogens is 1260 g/mol. The molecule has 3 N–H and O–H groups in total. The summed E-state index contributed by atoms with van der Waals surface area (Å²) in [5.74, 6) is -1.24. The Kier molecular flexibility index (Phi) is 55.7. The lowest BCUT2D eigenvalue weighted by molar-refractivity contribution is -0.303. The Morgan fingerprint density at radius 2 is 0.979 bits per heavy atom. The molecule has 0 aliphatic carbocycles. The van der Waals surface area contributed by atoms with Crippen LogP contribution in [0.1, 0.15) is 285 Å². The molecule has 97 heavy (non-hydrogen) atoms. The highest BCUT2D eigenvalue weighted by molar-refractivity contribution is 7.48. The van der Waals surface area contributed by atoms with Gasteiger partial charge in [-0.25, -0.2) is 9.36 Å². The lowest BCUT2D eigenvalue weighted by Crippen LogP contribution is -2.68. The van der Waals surface area contributed by atoms with Crippen molar-refractivity contribution >= 4 is 31.6 Å². The van der Waals surface area contributed by atoms with Gasteiger partial charge in [-0.05, 0) is 57.8 Å². The molecule has 0 aromatic rings. The number of hydrogen-bond acceptors (Lipinski definition) is 18. The molecule has 564 valence electrons. The Morgan fingerprint density at radius 3 is 1.53 bits per heavy atom. The van der Waals surface area contributed by atoms with Crippen LogP contribution in [0.3, 0.4) is 0 Å². The van der Waals surface area contributed by atoms with Crippen molar-refractivity contribution in [3.05, 3.63) is 50.1 Å². The van der Waals surface area contributed by atoms with Crippen molar-refractivity contribution in [2.75, 3.05) is 60.5 Å². The van der Waals surface area contributed by atoms with E-state index in [0.29, 0.717) is 25.7 Å². The van der Waals surface area contributed by atoms with Crippen LogP contribution in [0, 0.1) is 0 Å². The van der Waals surface area contributed by atoms with Gasteiger partial charge in [0.25, 0.3) is 0 Å². The Hall–Kier alpha value is -3.37. The third kappa shape index (κ3) is 42.6. The number of carbonyl (C=O) groups is 4. The summed E-state index contributed by atoms with van der Waals surface area (Å²) in [6, 6.07) is -2.54. The quantitative estimate of drug-likeness (QED) is 0.0169. The van der Waals surface area contributed by atoms with E-state index in [2.05, 4.69) is 70.2 Å². The number of carbonyl (C=O) groups excluding carboxylic acids is 4. The maximum absolute atomic E-state index is 14.7. The first-order chi connectivity index (χ1) is 47.3. The average molecular weight is 1400 g/mol. The first-order valence-electron chi connectivity index (χ1n) is 38.1. The molecule has 0 saturated carbocycles. The third-order valence-electron chi connectivity index (χ3n) is 17.8. The Labute approximate surface area is 587 Å². The lowest BCUT2D eigenvalue weighted by Gasteiger charge is -2.47. The van der Waals surface area contributed by atoms with Crippen LogP contribution in [-0.2, 0) is 75.2 Å². The van der Waals surface area contributed by atoms with Gasteiger partial charge in [0, 0.05) is 40.3 Å². The lowest BCUT2D eigenvalue weighted by atomic mass is 9.95.